The van der Waals surface area contributed by atoms with Gasteiger partial charge in [0.15, 0.2) is 0 Å². The van der Waals surface area contributed by atoms with Gasteiger partial charge in [-0.1, -0.05) is 48.5 Å². The van der Waals surface area contributed by atoms with Crippen LogP contribution in [0.4, 0.5) is 0 Å². The normalized spacial score (nSPS) is 13.3. The van der Waals surface area contributed by atoms with Crippen LogP contribution in [0.2, 0.25) is 0 Å². The van der Waals surface area contributed by atoms with Crippen LogP contribution >= 0.6 is 11.6 Å². The lowest BCUT2D eigenvalue weighted by Crippen LogP contribution is -2.29. The van der Waals surface area contributed by atoms with E-state index in [1.807, 2.05) is 61.5 Å². The smallest absolute Gasteiger partial charge is 0.243 e. The molecule has 3 nitrogen and oxygen atoms in total. The molecule has 0 aromatic heterocycles. The van der Waals surface area contributed by atoms with Gasteiger partial charge in [0.05, 0.1) is 13.2 Å². The van der Waals surface area contributed by atoms with E-state index in [1.54, 1.807) is 7.11 Å². The second-order valence-corrected chi connectivity index (χ2v) is 5.18. The van der Waals surface area contributed by atoms with E-state index in [-0.39, 0.29) is 11.9 Å². The van der Waals surface area contributed by atoms with Crippen molar-refractivity contribution in [3.8, 4) is 5.75 Å². The van der Waals surface area contributed by atoms with Gasteiger partial charge in [-0.25, -0.2) is 0 Å². The monoisotopic (exact) mass is 303 g/mol. The topological polar surface area (TPSA) is 38.3 Å². The lowest BCUT2D eigenvalue weighted by atomic mass is 10.1. The Morgan fingerprint density at radius 2 is 1.71 bits per heavy atom. The average Bonchev–Trinajstić information content (AvgIpc) is 2.54. The minimum atomic E-state index is -0.705. The summed E-state index contributed by atoms with van der Waals surface area (Å²) in [5.41, 5.74) is 1.70. The van der Waals surface area contributed by atoms with E-state index in [0.717, 1.165) is 16.9 Å². The molecule has 2 aromatic carbocycles. The zero-order valence-corrected chi connectivity index (χ0v) is 12.8. The molecule has 1 N–H and O–H groups in total. The van der Waals surface area contributed by atoms with Gasteiger partial charge in [0.1, 0.15) is 11.1 Å². The first kappa shape index (κ1) is 15.4. The van der Waals surface area contributed by atoms with Gasteiger partial charge in [-0.05, 0) is 18.6 Å². The maximum Gasteiger partial charge on any atom is 0.243 e. The Morgan fingerprint density at radius 3 is 2.38 bits per heavy atom. The van der Waals surface area contributed by atoms with Crippen LogP contribution in [0, 0.1) is 0 Å². The van der Waals surface area contributed by atoms with Gasteiger partial charge >= 0.3 is 0 Å². The summed E-state index contributed by atoms with van der Waals surface area (Å²) in [6.07, 6.45) is 0. The maximum atomic E-state index is 12.2. The minimum absolute atomic E-state index is 0.182. The SMILES string of the molecule is COc1ccccc1[C@@H](C)NC(=O)C(Cl)c1ccccc1. The second-order valence-electron chi connectivity index (χ2n) is 4.75. The number of hydrogen-bond acceptors (Lipinski definition) is 2. The Hall–Kier alpha value is -2.00. The Kier molecular flexibility index (Phi) is 5.23. The molecule has 2 rings (SSSR count). The second kappa shape index (κ2) is 7.14. The molecule has 2 aromatic rings. The summed E-state index contributed by atoms with van der Waals surface area (Å²) >= 11 is 6.22. The molecule has 0 fully saturated rings. The molecule has 0 bridgehead atoms. The zero-order valence-electron chi connectivity index (χ0n) is 12.0. The summed E-state index contributed by atoms with van der Waals surface area (Å²) in [6.45, 7) is 1.91. The Labute approximate surface area is 129 Å². The number of nitrogens with one attached hydrogen (secondary N) is 1. The van der Waals surface area contributed by atoms with E-state index >= 15 is 0 Å². The lowest BCUT2D eigenvalue weighted by molar-refractivity contribution is -0.121. The predicted molar refractivity (Wildman–Crippen MR) is 84.6 cm³/mol. The maximum absolute atomic E-state index is 12.2. The van der Waals surface area contributed by atoms with Crippen LogP contribution in [0.25, 0.3) is 0 Å². The Bertz CT molecular complexity index is 601. The molecule has 0 aliphatic heterocycles. The molecule has 1 amide bonds. The summed E-state index contributed by atoms with van der Waals surface area (Å²) in [4.78, 5) is 12.2. The molecule has 0 aliphatic carbocycles. The Morgan fingerprint density at radius 1 is 1.10 bits per heavy atom. The lowest BCUT2D eigenvalue weighted by Gasteiger charge is -2.19. The predicted octanol–water partition coefficient (Wildman–Crippen LogP) is 3.85. The summed E-state index contributed by atoms with van der Waals surface area (Å²) in [7, 11) is 1.61. The van der Waals surface area contributed by atoms with Crippen LogP contribution in [-0.4, -0.2) is 13.0 Å². The molecule has 0 heterocycles. The van der Waals surface area contributed by atoms with Gasteiger partial charge in [0, 0.05) is 5.56 Å². The molecule has 0 radical (unpaired) electrons. The van der Waals surface area contributed by atoms with Crippen molar-refractivity contribution in [3.05, 3.63) is 65.7 Å². The number of carbonyl (C=O) groups is 1. The van der Waals surface area contributed by atoms with Crippen molar-refractivity contribution in [2.75, 3.05) is 7.11 Å². The standard InChI is InChI=1S/C17H18ClNO2/c1-12(14-10-6-7-11-15(14)21-2)19-17(20)16(18)13-8-4-3-5-9-13/h3-12,16H,1-2H3,(H,19,20)/t12-,16?/m1/s1. The van der Waals surface area contributed by atoms with Gasteiger partial charge in [0.2, 0.25) is 5.91 Å². The number of carbonyl (C=O) groups excluding carboxylic acids is 1. The number of benzene rings is 2. The van der Waals surface area contributed by atoms with Crippen LogP contribution in [-0.2, 0) is 4.79 Å². The molecule has 21 heavy (non-hydrogen) atoms. The minimum Gasteiger partial charge on any atom is -0.496 e. The summed E-state index contributed by atoms with van der Waals surface area (Å²) < 4.78 is 5.31. The van der Waals surface area contributed by atoms with Gasteiger partial charge in [-0.2, -0.15) is 0 Å². The van der Waals surface area contributed by atoms with E-state index in [0.29, 0.717) is 0 Å². The van der Waals surface area contributed by atoms with Crippen molar-refractivity contribution in [2.24, 2.45) is 0 Å². The molecule has 0 saturated carbocycles. The molecular formula is C17H18ClNO2. The third kappa shape index (κ3) is 3.76. The zero-order chi connectivity index (χ0) is 15.2. The first-order valence-electron chi connectivity index (χ1n) is 6.75. The van der Waals surface area contributed by atoms with Gasteiger partial charge in [-0.15, -0.1) is 11.6 Å². The van der Waals surface area contributed by atoms with Gasteiger partial charge in [-0.3, -0.25) is 4.79 Å². The first-order chi connectivity index (χ1) is 10.1. The largest absolute Gasteiger partial charge is 0.496 e. The number of halogens is 1. The van der Waals surface area contributed by atoms with Crippen molar-refractivity contribution in [1.82, 2.24) is 5.32 Å². The molecule has 110 valence electrons. The summed E-state index contributed by atoms with van der Waals surface area (Å²) in [6, 6.07) is 16.7. The van der Waals surface area contributed by atoms with Crippen molar-refractivity contribution >= 4 is 17.5 Å². The van der Waals surface area contributed by atoms with E-state index in [4.69, 9.17) is 16.3 Å². The molecule has 4 heteroatoms. The van der Waals surface area contributed by atoms with Crippen LogP contribution in [0.15, 0.2) is 54.6 Å². The highest BCUT2D eigenvalue weighted by molar-refractivity contribution is 6.30. The third-order valence-corrected chi connectivity index (χ3v) is 3.74. The number of methoxy groups -OCH3 is 1. The quantitative estimate of drug-likeness (QED) is 0.852. The fourth-order valence-corrected chi connectivity index (χ4v) is 2.37. The fourth-order valence-electron chi connectivity index (χ4n) is 2.16. The summed E-state index contributed by atoms with van der Waals surface area (Å²) in [5.74, 6) is 0.525. The molecule has 0 spiro atoms. The highest BCUT2D eigenvalue weighted by Gasteiger charge is 2.20. The van der Waals surface area contributed by atoms with Crippen molar-refractivity contribution < 1.29 is 9.53 Å². The molecule has 1 unspecified atom stereocenters. The van der Waals surface area contributed by atoms with Crippen LogP contribution in [0.1, 0.15) is 29.5 Å². The fraction of sp³-hybridized carbons (Fsp3) is 0.235. The number of hydrogen-bond donors (Lipinski definition) is 1. The summed E-state index contributed by atoms with van der Waals surface area (Å²) in [5, 5.41) is 2.21. The molecule has 0 aliphatic rings. The van der Waals surface area contributed by atoms with Crippen LogP contribution in [0.5, 0.6) is 5.75 Å². The van der Waals surface area contributed by atoms with Crippen molar-refractivity contribution in [1.29, 1.82) is 0 Å². The highest BCUT2D eigenvalue weighted by Crippen LogP contribution is 2.26. The van der Waals surface area contributed by atoms with E-state index in [2.05, 4.69) is 5.32 Å². The number of para-hydroxylation sites is 1. The van der Waals surface area contributed by atoms with E-state index in [9.17, 15) is 4.79 Å². The number of amides is 1. The van der Waals surface area contributed by atoms with Crippen LogP contribution in [0.3, 0.4) is 0 Å². The first-order valence-corrected chi connectivity index (χ1v) is 7.19. The van der Waals surface area contributed by atoms with E-state index < -0.39 is 5.38 Å². The van der Waals surface area contributed by atoms with Gasteiger partial charge in [0.25, 0.3) is 0 Å². The van der Waals surface area contributed by atoms with Gasteiger partial charge < -0.3 is 10.1 Å². The molecule has 2 atom stereocenters. The number of alkyl halides is 1. The average molecular weight is 304 g/mol. The molecular weight excluding hydrogens is 286 g/mol. The van der Waals surface area contributed by atoms with Crippen molar-refractivity contribution in [3.63, 3.8) is 0 Å². The van der Waals surface area contributed by atoms with Crippen LogP contribution < -0.4 is 10.1 Å². The van der Waals surface area contributed by atoms with Crippen molar-refractivity contribution in [2.45, 2.75) is 18.3 Å². The molecule has 0 saturated heterocycles. The Balaban J connectivity index is 2.09. The van der Waals surface area contributed by atoms with E-state index in [1.165, 1.54) is 0 Å². The number of rotatable bonds is 5. The number of ether oxygens (including phenoxy) is 1. The highest BCUT2D eigenvalue weighted by atomic mass is 35.5. The third-order valence-electron chi connectivity index (χ3n) is 3.29.